The molecule has 4 amide bonds. The zero-order valence-electron chi connectivity index (χ0n) is 22.0. The number of nitrogens with one attached hydrogen (secondary N) is 2. The summed E-state index contributed by atoms with van der Waals surface area (Å²) in [6, 6.07) is 6.24. The lowest BCUT2D eigenvalue weighted by Gasteiger charge is -2.32. The molecule has 2 fully saturated rings. The number of anilines is 1. The number of piperidine rings is 2. The molecule has 0 radical (unpaired) electrons. The van der Waals surface area contributed by atoms with Crippen LogP contribution >= 0.6 is 0 Å². The van der Waals surface area contributed by atoms with Gasteiger partial charge in [-0.15, -0.1) is 0 Å². The van der Waals surface area contributed by atoms with Crippen molar-refractivity contribution in [3.63, 3.8) is 0 Å². The van der Waals surface area contributed by atoms with Gasteiger partial charge in [0, 0.05) is 55.2 Å². The van der Waals surface area contributed by atoms with Crippen molar-refractivity contribution in [1.82, 2.24) is 34.7 Å². The summed E-state index contributed by atoms with van der Waals surface area (Å²) in [7, 11) is 0. The predicted molar refractivity (Wildman–Crippen MR) is 144 cm³/mol. The van der Waals surface area contributed by atoms with Crippen molar-refractivity contribution >= 4 is 29.3 Å². The van der Waals surface area contributed by atoms with E-state index in [0.29, 0.717) is 43.9 Å². The maximum absolute atomic E-state index is 13.4. The average Bonchev–Trinajstić information content (AvgIpc) is 3.70. The molecule has 1 atom stereocenters. The summed E-state index contributed by atoms with van der Waals surface area (Å²) >= 11 is 0. The van der Waals surface area contributed by atoms with Crippen molar-refractivity contribution in [2.45, 2.75) is 50.9 Å². The Labute approximate surface area is 230 Å². The number of amides is 4. The number of hydrogen-bond acceptors (Lipinski definition) is 7. The summed E-state index contributed by atoms with van der Waals surface area (Å²) in [5, 5.41) is 14.6. The van der Waals surface area contributed by atoms with E-state index in [1.807, 2.05) is 15.8 Å². The standard InChI is InChI=1S/C28H30N8O4/c1-18-6-7-23(26(38)32-18)36-27(39)21-4-2-5-22(25(21)28(36)40)29-14-19-15-31-35(16-19)20-8-12-33(13-9-20)24(37)17-34-11-3-10-30-34/h2-5,10-11,15-16,20,23,29H,1,6-9,12-14,17H2,(H,32,38). The third kappa shape index (κ3) is 4.76. The van der Waals surface area contributed by atoms with E-state index in [1.165, 1.54) is 0 Å². The molecule has 0 spiro atoms. The van der Waals surface area contributed by atoms with Crippen LogP contribution in [-0.4, -0.2) is 72.1 Å². The lowest BCUT2D eigenvalue weighted by molar-refractivity contribution is -0.133. The van der Waals surface area contributed by atoms with Crippen LogP contribution in [0, 0.1) is 0 Å². The van der Waals surface area contributed by atoms with E-state index in [-0.39, 0.29) is 35.5 Å². The second-order valence-corrected chi connectivity index (χ2v) is 10.4. The summed E-state index contributed by atoms with van der Waals surface area (Å²) in [6.45, 7) is 5.74. The summed E-state index contributed by atoms with van der Waals surface area (Å²) in [5.74, 6) is -1.26. The van der Waals surface area contributed by atoms with Gasteiger partial charge < -0.3 is 15.5 Å². The number of benzene rings is 1. The molecule has 1 unspecified atom stereocenters. The van der Waals surface area contributed by atoms with Crippen molar-refractivity contribution in [1.29, 1.82) is 0 Å². The molecule has 0 aliphatic carbocycles. The zero-order valence-corrected chi connectivity index (χ0v) is 22.0. The van der Waals surface area contributed by atoms with Crippen LogP contribution in [0.25, 0.3) is 0 Å². The van der Waals surface area contributed by atoms with Crippen LogP contribution in [-0.2, 0) is 22.7 Å². The maximum atomic E-state index is 13.4. The minimum atomic E-state index is -0.851. The summed E-state index contributed by atoms with van der Waals surface area (Å²) in [4.78, 5) is 54.5. The summed E-state index contributed by atoms with van der Waals surface area (Å²) in [6.07, 6.45) is 9.68. The van der Waals surface area contributed by atoms with Crippen molar-refractivity contribution in [2.75, 3.05) is 18.4 Å². The molecule has 2 N–H and O–H groups in total. The summed E-state index contributed by atoms with van der Waals surface area (Å²) in [5.41, 5.74) is 2.62. The Morgan fingerprint density at radius 3 is 2.65 bits per heavy atom. The molecule has 12 heteroatoms. The van der Waals surface area contributed by atoms with E-state index in [1.54, 1.807) is 47.5 Å². The molecule has 3 aliphatic heterocycles. The van der Waals surface area contributed by atoms with Gasteiger partial charge in [-0.25, -0.2) is 0 Å². The van der Waals surface area contributed by atoms with Gasteiger partial charge in [-0.05, 0) is 43.9 Å². The molecule has 0 bridgehead atoms. The topological polar surface area (TPSA) is 134 Å². The van der Waals surface area contributed by atoms with Gasteiger partial charge in [0.15, 0.2) is 0 Å². The number of hydrogen-bond donors (Lipinski definition) is 2. The molecule has 6 rings (SSSR count). The smallest absolute Gasteiger partial charge is 0.264 e. The van der Waals surface area contributed by atoms with E-state index < -0.39 is 17.9 Å². The molecule has 206 valence electrons. The number of carbonyl (C=O) groups is 4. The van der Waals surface area contributed by atoms with E-state index in [4.69, 9.17) is 0 Å². The Kier molecular flexibility index (Phi) is 6.66. The lowest BCUT2D eigenvalue weighted by Crippen LogP contribution is -2.51. The highest BCUT2D eigenvalue weighted by Crippen LogP contribution is 2.33. The lowest BCUT2D eigenvalue weighted by atomic mass is 10.0. The Hall–Kier alpha value is -4.74. The molecule has 12 nitrogen and oxygen atoms in total. The van der Waals surface area contributed by atoms with Gasteiger partial charge in [0.1, 0.15) is 12.6 Å². The monoisotopic (exact) mass is 542 g/mol. The van der Waals surface area contributed by atoms with Crippen LogP contribution < -0.4 is 10.6 Å². The number of rotatable bonds is 7. The molecule has 0 saturated carbocycles. The normalized spacial score (nSPS) is 19.6. The molecule has 3 aromatic rings. The van der Waals surface area contributed by atoms with Crippen molar-refractivity contribution < 1.29 is 19.2 Å². The fourth-order valence-electron chi connectivity index (χ4n) is 5.62. The van der Waals surface area contributed by atoms with E-state index in [2.05, 4.69) is 27.4 Å². The second kappa shape index (κ2) is 10.4. The predicted octanol–water partition coefficient (Wildman–Crippen LogP) is 1.94. The second-order valence-electron chi connectivity index (χ2n) is 10.4. The number of nitrogens with zero attached hydrogens (tertiary/aromatic N) is 6. The molecule has 2 aromatic heterocycles. The first-order valence-electron chi connectivity index (χ1n) is 13.4. The van der Waals surface area contributed by atoms with Crippen molar-refractivity contribution in [2.24, 2.45) is 0 Å². The van der Waals surface area contributed by atoms with Crippen molar-refractivity contribution in [3.05, 3.63) is 78.0 Å². The quantitative estimate of drug-likeness (QED) is 0.436. The number of carbonyl (C=O) groups excluding carboxylic acids is 4. The van der Waals surface area contributed by atoms with Gasteiger partial charge in [-0.2, -0.15) is 10.2 Å². The largest absolute Gasteiger partial charge is 0.380 e. The number of likely N-dealkylation sites (tertiary alicyclic amines) is 1. The van der Waals surface area contributed by atoms with Gasteiger partial charge in [0.05, 0.1) is 23.4 Å². The van der Waals surface area contributed by atoms with Crippen LogP contribution in [0.4, 0.5) is 5.69 Å². The Morgan fingerprint density at radius 2 is 1.90 bits per heavy atom. The third-order valence-corrected chi connectivity index (χ3v) is 7.77. The van der Waals surface area contributed by atoms with Gasteiger partial charge >= 0.3 is 0 Å². The van der Waals surface area contributed by atoms with Crippen LogP contribution in [0.3, 0.4) is 0 Å². The SMILES string of the molecule is C=C1CCC(N2C(=O)c3cccc(NCc4cnn(C5CCN(C(=O)Cn6cccn6)CC5)c4)c3C2=O)C(=O)N1. The van der Waals surface area contributed by atoms with Crippen LogP contribution in [0.15, 0.2) is 61.3 Å². The Balaban J connectivity index is 1.07. The molecule has 3 aliphatic rings. The van der Waals surface area contributed by atoms with E-state index in [0.717, 1.165) is 23.3 Å². The van der Waals surface area contributed by atoms with Gasteiger partial charge in [0.25, 0.3) is 11.8 Å². The van der Waals surface area contributed by atoms with Crippen molar-refractivity contribution in [3.8, 4) is 0 Å². The fraction of sp³-hybridized carbons (Fsp3) is 0.357. The first-order chi connectivity index (χ1) is 19.4. The first kappa shape index (κ1) is 25.5. The molecule has 5 heterocycles. The molecular formula is C28H30N8O4. The highest BCUT2D eigenvalue weighted by atomic mass is 16.2. The third-order valence-electron chi connectivity index (χ3n) is 7.77. The van der Waals surface area contributed by atoms with Crippen LogP contribution in [0.1, 0.15) is 58.0 Å². The number of aromatic nitrogens is 4. The minimum Gasteiger partial charge on any atom is -0.380 e. The minimum absolute atomic E-state index is 0.0593. The molecular weight excluding hydrogens is 512 g/mol. The van der Waals surface area contributed by atoms with E-state index in [9.17, 15) is 19.2 Å². The zero-order chi connectivity index (χ0) is 27.8. The first-order valence-corrected chi connectivity index (χ1v) is 13.4. The van der Waals surface area contributed by atoms with Gasteiger partial charge in [-0.3, -0.25) is 33.4 Å². The van der Waals surface area contributed by atoms with Crippen LogP contribution in [0.2, 0.25) is 0 Å². The highest BCUT2D eigenvalue weighted by Gasteiger charge is 2.45. The fourth-order valence-corrected chi connectivity index (χ4v) is 5.62. The van der Waals surface area contributed by atoms with Gasteiger partial charge in [0.2, 0.25) is 11.8 Å². The number of imide groups is 1. The molecule has 2 saturated heterocycles. The molecule has 1 aromatic carbocycles. The number of fused-ring (bicyclic) bond motifs is 1. The Morgan fingerprint density at radius 1 is 1.07 bits per heavy atom. The Bertz CT molecular complexity index is 1490. The van der Waals surface area contributed by atoms with E-state index >= 15 is 0 Å². The summed E-state index contributed by atoms with van der Waals surface area (Å²) < 4.78 is 3.57. The van der Waals surface area contributed by atoms with Crippen LogP contribution in [0.5, 0.6) is 0 Å². The average molecular weight is 543 g/mol. The van der Waals surface area contributed by atoms with Gasteiger partial charge in [-0.1, -0.05) is 12.6 Å². The number of allylic oxidation sites excluding steroid dienone is 1. The maximum Gasteiger partial charge on any atom is 0.264 e. The highest BCUT2D eigenvalue weighted by molar-refractivity contribution is 6.25. The molecule has 40 heavy (non-hydrogen) atoms.